The van der Waals surface area contributed by atoms with Gasteiger partial charge in [0.05, 0.1) is 10.2 Å². The zero-order chi connectivity index (χ0) is 21.8. The molecule has 1 aliphatic rings. The van der Waals surface area contributed by atoms with Gasteiger partial charge in [0.1, 0.15) is 0 Å². The van der Waals surface area contributed by atoms with Crippen LogP contribution in [0.5, 0.6) is 0 Å². The number of carbonyl (C=O) groups is 2. The fourth-order valence-corrected chi connectivity index (χ4v) is 5.09. The quantitative estimate of drug-likeness (QED) is 0.561. The number of para-hydroxylation sites is 1. The molecule has 162 valence electrons. The number of piperidine rings is 1. The van der Waals surface area contributed by atoms with Gasteiger partial charge in [0.25, 0.3) is 0 Å². The van der Waals surface area contributed by atoms with Crippen molar-refractivity contribution in [3.05, 3.63) is 60.2 Å². The first-order valence-corrected chi connectivity index (χ1v) is 11.8. The average Bonchev–Trinajstić information content (AvgIpc) is 3.23. The maximum absolute atomic E-state index is 13.6. The molecule has 2 amide bonds. The number of likely N-dealkylation sites (tertiary alicyclic amines) is 1. The van der Waals surface area contributed by atoms with Crippen molar-refractivity contribution in [1.82, 2.24) is 9.88 Å². The van der Waals surface area contributed by atoms with E-state index in [9.17, 15) is 9.59 Å². The molecule has 1 aromatic heterocycles. The monoisotopic (exact) mass is 435 g/mol. The molecule has 2 aromatic carbocycles. The molecule has 31 heavy (non-hydrogen) atoms. The van der Waals surface area contributed by atoms with Crippen LogP contribution >= 0.6 is 11.3 Å². The molecule has 0 atom stereocenters. The van der Waals surface area contributed by atoms with Gasteiger partial charge in [0.2, 0.25) is 11.8 Å². The van der Waals surface area contributed by atoms with Gasteiger partial charge >= 0.3 is 0 Å². The zero-order valence-electron chi connectivity index (χ0n) is 18.2. The van der Waals surface area contributed by atoms with E-state index in [1.807, 2.05) is 66.1 Å². The van der Waals surface area contributed by atoms with E-state index in [1.54, 1.807) is 11.3 Å². The summed E-state index contributed by atoms with van der Waals surface area (Å²) < 4.78 is 1.09. The molecule has 6 heteroatoms. The molecular weight excluding hydrogens is 406 g/mol. The molecule has 0 N–H and O–H groups in total. The molecule has 0 radical (unpaired) electrons. The fourth-order valence-electron chi connectivity index (χ4n) is 4.09. The van der Waals surface area contributed by atoms with Gasteiger partial charge in [-0.1, -0.05) is 67.6 Å². The number of nitrogens with zero attached hydrogens (tertiary/aromatic N) is 3. The number of rotatable bonds is 6. The van der Waals surface area contributed by atoms with Crippen LogP contribution in [-0.2, 0) is 16.0 Å². The minimum Gasteiger partial charge on any atom is -0.342 e. The van der Waals surface area contributed by atoms with Gasteiger partial charge in [-0.05, 0) is 37.0 Å². The normalized spacial score (nSPS) is 14.9. The SMILES string of the molecule is CC(C)C(=O)N1CCC(C(=O)N(CCc2ccccc2)c2nc3ccccc3s2)CC1. The lowest BCUT2D eigenvalue weighted by atomic mass is 9.94. The predicted octanol–water partition coefficient (Wildman–Crippen LogP) is 4.77. The third-order valence-electron chi connectivity index (χ3n) is 5.90. The smallest absolute Gasteiger partial charge is 0.232 e. The van der Waals surface area contributed by atoms with Crippen LogP contribution in [0, 0.1) is 11.8 Å². The Hall–Kier alpha value is -2.73. The standard InChI is InChI=1S/C25H29N3O2S/c1-18(2)23(29)27-15-13-20(14-16-27)24(30)28(17-12-19-8-4-3-5-9-19)25-26-21-10-6-7-11-22(21)31-25/h3-11,18,20H,12-17H2,1-2H3. The van der Waals surface area contributed by atoms with Crippen LogP contribution < -0.4 is 4.90 Å². The first kappa shape index (κ1) is 21.5. The van der Waals surface area contributed by atoms with E-state index in [0.29, 0.717) is 32.5 Å². The third-order valence-corrected chi connectivity index (χ3v) is 6.96. The van der Waals surface area contributed by atoms with E-state index in [-0.39, 0.29) is 23.7 Å². The van der Waals surface area contributed by atoms with Crippen molar-refractivity contribution in [3.63, 3.8) is 0 Å². The summed E-state index contributed by atoms with van der Waals surface area (Å²) in [6.07, 6.45) is 2.21. The number of hydrogen-bond donors (Lipinski definition) is 0. The predicted molar refractivity (Wildman–Crippen MR) is 126 cm³/mol. The Kier molecular flexibility index (Phi) is 6.66. The Balaban J connectivity index is 1.52. The first-order chi connectivity index (χ1) is 15.0. The maximum atomic E-state index is 13.6. The molecule has 4 rings (SSSR count). The second-order valence-corrected chi connectivity index (χ2v) is 9.45. The lowest BCUT2D eigenvalue weighted by Gasteiger charge is -2.34. The molecule has 5 nitrogen and oxygen atoms in total. The molecule has 1 saturated heterocycles. The number of hydrogen-bond acceptors (Lipinski definition) is 4. The Labute approximate surface area is 187 Å². The summed E-state index contributed by atoms with van der Waals surface area (Å²) in [5.74, 6) is 0.237. The van der Waals surface area contributed by atoms with Crippen LogP contribution in [0.3, 0.4) is 0 Å². The highest BCUT2D eigenvalue weighted by Crippen LogP contribution is 2.31. The van der Waals surface area contributed by atoms with Gasteiger partial charge in [-0.15, -0.1) is 0 Å². The number of anilines is 1. The molecule has 1 fully saturated rings. The first-order valence-electron chi connectivity index (χ1n) is 11.0. The summed E-state index contributed by atoms with van der Waals surface area (Å²) in [6, 6.07) is 18.3. The van der Waals surface area contributed by atoms with Crippen LogP contribution in [0.15, 0.2) is 54.6 Å². The third kappa shape index (κ3) is 4.96. The van der Waals surface area contributed by atoms with Gasteiger partial charge in [0, 0.05) is 31.5 Å². The largest absolute Gasteiger partial charge is 0.342 e. The fraction of sp³-hybridized carbons (Fsp3) is 0.400. The van der Waals surface area contributed by atoms with E-state index < -0.39 is 0 Å². The number of fused-ring (bicyclic) bond motifs is 1. The Bertz CT molecular complexity index is 1010. The van der Waals surface area contributed by atoms with Crippen LogP contribution in [0.2, 0.25) is 0 Å². The highest BCUT2D eigenvalue weighted by molar-refractivity contribution is 7.22. The lowest BCUT2D eigenvalue weighted by molar-refractivity contribution is -0.137. The Morgan fingerprint density at radius 2 is 1.74 bits per heavy atom. The van der Waals surface area contributed by atoms with E-state index in [1.165, 1.54) is 5.56 Å². The van der Waals surface area contributed by atoms with Gasteiger partial charge in [-0.2, -0.15) is 0 Å². The van der Waals surface area contributed by atoms with Crippen molar-refractivity contribution in [2.45, 2.75) is 33.1 Å². The van der Waals surface area contributed by atoms with Crippen molar-refractivity contribution in [2.75, 3.05) is 24.5 Å². The van der Waals surface area contributed by atoms with Crippen LogP contribution in [0.25, 0.3) is 10.2 Å². The van der Waals surface area contributed by atoms with E-state index >= 15 is 0 Å². The number of aromatic nitrogens is 1. The second kappa shape index (κ2) is 9.60. The van der Waals surface area contributed by atoms with Crippen molar-refractivity contribution < 1.29 is 9.59 Å². The highest BCUT2D eigenvalue weighted by atomic mass is 32.1. The summed E-state index contributed by atoms with van der Waals surface area (Å²) >= 11 is 1.57. The lowest BCUT2D eigenvalue weighted by Crippen LogP contribution is -2.46. The number of amides is 2. The molecular formula is C25H29N3O2S. The van der Waals surface area contributed by atoms with E-state index in [2.05, 4.69) is 12.1 Å². The van der Waals surface area contributed by atoms with Crippen LogP contribution in [-0.4, -0.2) is 41.3 Å². The highest BCUT2D eigenvalue weighted by Gasteiger charge is 2.32. The van der Waals surface area contributed by atoms with E-state index in [4.69, 9.17) is 4.98 Å². The van der Waals surface area contributed by atoms with Crippen molar-refractivity contribution >= 4 is 38.5 Å². The Morgan fingerprint density at radius 3 is 2.42 bits per heavy atom. The topological polar surface area (TPSA) is 53.5 Å². The second-order valence-electron chi connectivity index (χ2n) is 8.44. The summed E-state index contributed by atoms with van der Waals surface area (Å²) in [7, 11) is 0. The summed E-state index contributed by atoms with van der Waals surface area (Å²) in [5.41, 5.74) is 2.14. The molecule has 0 saturated carbocycles. The van der Waals surface area contributed by atoms with Crippen molar-refractivity contribution in [2.24, 2.45) is 11.8 Å². The number of carbonyl (C=O) groups excluding carboxylic acids is 2. The summed E-state index contributed by atoms with van der Waals surface area (Å²) in [6.45, 7) is 5.77. The van der Waals surface area contributed by atoms with E-state index in [0.717, 1.165) is 21.8 Å². The molecule has 2 heterocycles. The van der Waals surface area contributed by atoms with Crippen LogP contribution in [0.4, 0.5) is 5.13 Å². The molecule has 3 aromatic rings. The molecule has 0 aliphatic carbocycles. The molecule has 1 aliphatic heterocycles. The Morgan fingerprint density at radius 1 is 1.06 bits per heavy atom. The molecule has 0 spiro atoms. The minimum atomic E-state index is -0.0704. The summed E-state index contributed by atoms with van der Waals surface area (Å²) in [4.78, 5) is 34.5. The maximum Gasteiger partial charge on any atom is 0.232 e. The van der Waals surface area contributed by atoms with Gasteiger partial charge in [0.15, 0.2) is 5.13 Å². The zero-order valence-corrected chi connectivity index (χ0v) is 19.0. The van der Waals surface area contributed by atoms with Gasteiger partial charge in [-0.25, -0.2) is 4.98 Å². The number of benzene rings is 2. The molecule has 0 bridgehead atoms. The van der Waals surface area contributed by atoms with Crippen molar-refractivity contribution in [3.8, 4) is 0 Å². The van der Waals surface area contributed by atoms with Gasteiger partial charge < -0.3 is 4.90 Å². The molecule has 0 unspecified atom stereocenters. The van der Waals surface area contributed by atoms with Crippen molar-refractivity contribution in [1.29, 1.82) is 0 Å². The minimum absolute atomic E-state index is 0.00243. The van der Waals surface area contributed by atoms with Crippen LogP contribution in [0.1, 0.15) is 32.3 Å². The van der Waals surface area contributed by atoms with Gasteiger partial charge in [-0.3, -0.25) is 14.5 Å². The summed E-state index contributed by atoms with van der Waals surface area (Å²) in [5, 5.41) is 0.766. The average molecular weight is 436 g/mol. The number of thiazole rings is 1.